The number of hydrogen-bond donors (Lipinski definition) is 3. The van der Waals surface area contributed by atoms with E-state index in [1.165, 1.54) is 51.0 Å². The smallest absolute Gasteiger partial charge is 0.239 e. The van der Waals surface area contributed by atoms with Crippen LogP contribution in [0, 0.1) is 0 Å². The van der Waals surface area contributed by atoms with E-state index in [4.69, 9.17) is 5.73 Å². The molecule has 1 amide bonds. The van der Waals surface area contributed by atoms with Crippen molar-refractivity contribution in [3.05, 3.63) is 35.4 Å². The number of aliphatic hydroxyl groups excluding tert-OH is 1. The maximum absolute atomic E-state index is 11.7. The van der Waals surface area contributed by atoms with Gasteiger partial charge in [-0.3, -0.25) is 4.79 Å². The maximum Gasteiger partial charge on any atom is 0.239 e. The molecule has 0 spiro atoms. The topological polar surface area (TPSA) is 75.4 Å². The summed E-state index contributed by atoms with van der Waals surface area (Å²) in [5.74, 6) is -0.318. The third-order valence-corrected chi connectivity index (χ3v) is 4.10. The van der Waals surface area contributed by atoms with Gasteiger partial charge in [0.15, 0.2) is 0 Å². The first-order valence-electron chi connectivity index (χ1n) is 8.83. The minimum atomic E-state index is -0.874. The normalized spacial score (nSPS) is 13.6. The van der Waals surface area contributed by atoms with Crippen LogP contribution in [0.15, 0.2) is 24.3 Å². The van der Waals surface area contributed by atoms with E-state index < -0.39 is 12.1 Å². The van der Waals surface area contributed by atoms with Gasteiger partial charge in [0.05, 0.1) is 6.10 Å². The van der Waals surface area contributed by atoms with Crippen LogP contribution in [-0.2, 0) is 17.8 Å². The molecule has 4 N–H and O–H groups in total. The lowest BCUT2D eigenvalue weighted by Crippen LogP contribution is -2.46. The van der Waals surface area contributed by atoms with Gasteiger partial charge in [-0.05, 0) is 30.9 Å². The zero-order valence-corrected chi connectivity index (χ0v) is 14.6. The highest BCUT2D eigenvalue weighted by Gasteiger charge is 2.17. The Hall–Kier alpha value is -1.39. The van der Waals surface area contributed by atoms with E-state index in [9.17, 15) is 9.90 Å². The zero-order valence-electron chi connectivity index (χ0n) is 14.6. The van der Waals surface area contributed by atoms with Crippen molar-refractivity contribution in [2.45, 2.75) is 77.5 Å². The summed E-state index contributed by atoms with van der Waals surface area (Å²) in [6, 6.07) is 7.43. The number of carbonyl (C=O) groups excluding carboxylic acids is 1. The predicted molar refractivity (Wildman–Crippen MR) is 95.0 cm³/mol. The number of nitrogens with two attached hydrogens (primary N) is 1. The average molecular weight is 320 g/mol. The first kappa shape index (κ1) is 19.7. The van der Waals surface area contributed by atoms with Crippen LogP contribution in [0.4, 0.5) is 0 Å². The molecule has 0 aliphatic heterocycles. The Balaban J connectivity index is 2.34. The number of benzene rings is 1. The van der Waals surface area contributed by atoms with Crippen LogP contribution in [0.3, 0.4) is 0 Å². The predicted octanol–water partition coefficient (Wildman–Crippen LogP) is 2.91. The lowest BCUT2D eigenvalue weighted by Gasteiger charge is -2.14. The molecule has 0 aliphatic rings. The van der Waals surface area contributed by atoms with E-state index >= 15 is 0 Å². The number of rotatable bonds is 11. The van der Waals surface area contributed by atoms with Crippen molar-refractivity contribution in [2.24, 2.45) is 5.73 Å². The molecule has 0 aromatic heterocycles. The second-order valence-corrected chi connectivity index (χ2v) is 6.32. The van der Waals surface area contributed by atoms with Crippen molar-refractivity contribution in [1.29, 1.82) is 0 Å². The van der Waals surface area contributed by atoms with E-state index in [0.29, 0.717) is 6.54 Å². The van der Waals surface area contributed by atoms with Gasteiger partial charge in [-0.25, -0.2) is 0 Å². The summed E-state index contributed by atoms with van der Waals surface area (Å²) in [5, 5.41) is 12.1. The molecular formula is C19H32N2O2. The molecule has 0 unspecified atom stereocenters. The van der Waals surface area contributed by atoms with Gasteiger partial charge in [0.2, 0.25) is 5.91 Å². The Morgan fingerprint density at radius 1 is 1.17 bits per heavy atom. The molecule has 1 aromatic carbocycles. The van der Waals surface area contributed by atoms with Crippen molar-refractivity contribution in [1.82, 2.24) is 5.32 Å². The molecule has 4 heteroatoms. The number of carbonyl (C=O) groups is 1. The quantitative estimate of drug-likeness (QED) is 0.549. The SMILES string of the molecule is CCCCCCCCc1cccc(CNC(=O)[C@H](N)[C@H](C)O)c1. The number of amides is 1. The highest BCUT2D eigenvalue weighted by Crippen LogP contribution is 2.11. The number of hydrogen-bond acceptors (Lipinski definition) is 3. The number of aryl methyl sites for hydroxylation is 1. The number of nitrogens with one attached hydrogen (secondary N) is 1. The first-order chi connectivity index (χ1) is 11.0. The van der Waals surface area contributed by atoms with Crippen LogP contribution < -0.4 is 11.1 Å². The van der Waals surface area contributed by atoms with Gasteiger partial charge in [0.1, 0.15) is 6.04 Å². The van der Waals surface area contributed by atoms with Crippen molar-refractivity contribution >= 4 is 5.91 Å². The molecule has 23 heavy (non-hydrogen) atoms. The molecule has 0 aliphatic carbocycles. The first-order valence-corrected chi connectivity index (χ1v) is 8.83. The van der Waals surface area contributed by atoms with Gasteiger partial charge in [0.25, 0.3) is 0 Å². The van der Waals surface area contributed by atoms with Crippen molar-refractivity contribution in [3.63, 3.8) is 0 Å². The van der Waals surface area contributed by atoms with E-state index in [1.54, 1.807) is 0 Å². The summed E-state index contributed by atoms with van der Waals surface area (Å²) in [4.78, 5) is 11.7. The molecule has 1 rings (SSSR count). The summed E-state index contributed by atoms with van der Waals surface area (Å²) in [6.07, 6.45) is 8.02. The Morgan fingerprint density at radius 2 is 1.83 bits per heavy atom. The second-order valence-electron chi connectivity index (χ2n) is 6.32. The van der Waals surface area contributed by atoms with Gasteiger partial charge in [0, 0.05) is 6.54 Å². The van der Waals surface area contributed by atoms with E-state index in [2.05, 4.69) is 24.4 Å². The van der Waals surface area contributed by atoms with E-state index in [1.807, 2.05) is 12.1 Å². The Morgan fingerprint density at radius 3 is 2.52 bits per heavy atom. The molecule has 0 saturated carbocycles. The highest BCUT2D eigenvalue weighted by atomic mass is 16.3. The fourth-order valence-corrected chi connectivity index (χ4v) is 2.53. The Kier molecular flexibility index (Phi) is 9.57. The third-order valence-electron chi connectivity index (χ3n) is 4.10. The molecule has 2 atom stereocenters. The summed E-state index contributed by atoms with van der Waals surface area (Å²) >= 11 is 0. The fraction of sp³-hybridized carbons (Fsp3) is 0.632. The molecule has 0 bridgehead atoms. The largest absolute Gasteiger partial charge is 0.391 e. The van der Waals surface area contributed by atoms with Crippen LogP contribution in [0.1, 0.15) is 63.5 Å². The maximum atomic E-state index is 11.7. The van der Waals surface area contributed by atoms with E-state index in [-0.39, 0.29) is 5.91 Å². The molecule has 130 valence electrons. The van der Waals surface area contributed by atoms with Gasteiger partial charge in [-0.2, -0.15) is 0 Å². The molecule has 0 heterocycles. The monoisotopic (exact) mass is 320 g/mol. The van der Waals surface area contributed by atoms with Crippen molar-refractivity contribution in [3.8, 4) is 0 Å². The number of unbranched alkanes of at least 4 members (excludes halogenated alkanes) is 5. The molecule has 4 nitrogen and oxygen atoms in total. The average Bonchev–Trinajstić information content (AvgIpc) is 2.55. The molecular weight excluding hydrogens is 288 g/mol. The zero-order chi connectivity index (χ0) is 17.1. The standard InChI is InChI=1S/C19H32N2O2/c1-3-4-5-6-7-8-10-16-11-9-12-17(13-16)14-21-19(23)18(20)15(2)22/h9,11-13,15,18,22H,3-8,10,14,20H2,1-2H3,(H,21,23)/t15-,18+/m0/s1. The summed E-state index contributed by atoms with van der Waals surface area (Å²) in [6.45, 7) is 4.20. The van der Waals surface area contributed by atoms with Crippen LogP contribution in [-0.4, -0.2) is 23.2 Å². The van der Waals surface area contributed by atoms with Gasteiger partial charge in [-0.1, -0.05) is 63.3 Å². The highest BCUT2D eigenvalue weighted by molar-refractivity contribution is 5.82. The van der Waals surface area contributed by atoms with Gasteiger partial charge < -0.3 is 16.2 Å². The molecule has 0 radical (unpaired) electrons. The minimum absolute atomic E-state index is 0.318. The Bertz CT molecular complexity index is 460. The summed E-state index contributed by atoms with van der Waals surface area (Å²) in [5.41, 5.74) is 7.99. The molecule has 0 saturated heterocycles. The molecule has 1 aromatic rings. The summed E-state index contributed by atoms with van der Waals surface area (Å²) < 4.78 is 0. The second kappa shape index (κ2) is 11.2. The van der Waals surface area contributed by atoms with Crippen LogP contribution in [0.2, 0.25) is 0 Å². The lowest BCUT2D eigenvalue weighted by molar-refractivity contribution is -0.124. The van der Waals surface area contributed by atoms with Crippen LogP contribution in [0.25, 0.3) is 0 Å². The minimum Gasteiger partial charge on any atom is -0.391 e. The van der Waals surface area contributed by atoms with Gasteiger partial charge >= 0.3 is 0 Å². The number of aliphatic hydroxyl groups is 1. The molecule has 0 fully saturated rings. The lowest BCUT2D eigenvalue weighted by atomic mass is 10.0. The van der Waals surface area contributed by atoms with Crippen molar-refractivity contribution in [2.75, 3.05) is 0 Å². The fourth-order valence-electron chi connectivity index (χ4n) is 2.53. The van der Waals surface area contributed by atoms with Crippen LogP contribution >= 0.6 is 0 Å². The van der Waals surface area contributed by atoms with Crippen molar-refractivity contribution < 1.29 is 9.90 Å². The van der Waals surface area contributed by atoms with Gasteiger partial charge in [-0.15, -0.1) is 0 Å². The Labute approximate surface area is 140 Å². The van der Waals surface area contributed by atoms with Crippen LogP contribution in [0.5, 0.6) is 0 Å². The van der Waals surface area contributed by atoms with E-state index in [0.717, 1.165) is 12.0 Å². The third kappa shape index (κ3) is 8.14. The summed E-state index contributed by atoms with van der Waals surface area (Å²) in [7, 11) is 0.